The van der Waals surface area contributed by atoms with Crippen molar-refractivity contribution >= 4 is 15.8 Å². The van der Waals surface area contributed by atoms with Crippen LogP contribution in [0, 0.1) is 0 Å². The van der Waals surface area contributed by atoms with Crippen molar-refractivity contribution in [1.82, 2.24) is 4.31 Å². The van der Waals surface area contributed by atoms with E-state index in [0.717, 1.165) is 58.1 Å². The predicted molar refractivity (Wildman–Crippen MR) is 85.9 cm³/mol. The third-order valence-electron chi connectivity index (χ3n) is 4.48. The topological polar surface area (TPSA) is 77.2 Å². The average Bonchev–Trinajstić information content (AvgIpc) is 3.12. The fourth-order valence-corrected chi connectivity index (χ4v) is 4.53. The first-order valence-corrected chi connectivity index (χ1v) is 9.77. The van der Waals surface area contributed by atoms with Gasteiger partial charge in [-0.2, -0.15) is 4.31 Å². The van der Waals surface area contributed by atoms with E-state index in [1.807, 2.05) is 0 Å². The highest BCUT2D eigenvalue weighted by atomic mass is 32.2. The first-order chi connectivity index (χ1) is 11.2. The summed E-state index contributed by atoms with van der Waals surface area (Å²) >= 11 is 0. The summed E-state index contributed by atoms with van der Waals surface area (Å²) in [5.74, 6) is 0.845. The van der Waals surface area contributed by atoms with Crippen LogP contribution in [-0.2, 0) is 14.8 Å². The normalized spacial score (nSPS) is 20.7. The molecule has 2 fully saturated rings. The van der Waals surface area contributed by atoms with Crippen molar-refractivity contribution in [2.24, 2.45) is 0 Å². The molecule has 3 N–H and O–H groups in total. The number of aromatic amines is 1. The number of sulfonamides is 1. The highest BCUT2D eigenvalue weighted by Crippen LogP contribution is 2.19. The van der Waals surface area contributed by atoms with Crippen molar-refractivity contribution in [2.75, 3.05) is 57.8 Å². The van der Waals surface area contributed by atoms with Crippen molar-refractivity contribution in [3.8, 4) is 0 Å². The van der Waals surface area contributed by atoms with E-state index >= 15 is 0 Å². The van der Waals surface area contributed by atoms with E-state index in [-0.39, 0.29) is 0 Å². The molecule has 2 aliphatic rings. The Morgan fingerprint density at radius 1 is 1.22 bits per heavy atom. The van der Waals surface area contributed by atoms with Gasteiger partial charge in [-0.3, -0.25) is 5.32 Å². The van der Waals surface area contributed by atoms with E-state index in [2.05, 4.69) is 10.3 Å². The van der Waals surface area contributed by atoms with E-state index in [1.54, 1.807) is 22.6 Å². The summed E-state index contributed by atoms with van der Waals surface area (Å²) in [6, 6.07) is 3.48. The molecule has 0 saturated carbocycles. The van der Waals surface area contributed by atoms with Gasteiger partial charge in [0, 0.05) is 19.2 Å². The molecule has 3 rings (SSSR count). The fraction of sp³-hybridized carbons (Fsp3) is 0.667. The van der Waals surface area contributed by atoms with Crippen LogP contribution >= 0.6 is 0 Å². The summed E-state index contributed by atoms with van der Waals surface area (Å²) in [4.78, 5) is 4.93. The third-order valence-corrected chi connectivity index (χ3v) is 6.38. The van der Waals surface area contributed by atoms with E-state index in [4.69, 9.17) is 4.74 Å². The second-order valence-corrected chi connectivity index (χ2v) is 8.03. The number of aromatic nitrogens is 1. The van der Waals surface area contributed by atoms with E-state index in [9.17, 15) is 8.42 Å². The lowest BCUT2D eigenvalue weighted by atomic mass is 10.4. The minimum absolute atomic E-state index is 0.337. The zero-order valence-corrected chi connectivity index (χ0v) is 14.2. The fourth-order valence-electron chi connectivity index (χ4n) is 3.04. The number of rotatable bonds is 6. The standard InChI is InChI=1S/C15H24N4O3S/c20-23(21,19-6-1-2-7-19)14-3-4-15(17-13-14)16-5-8-18-9-11-22-12-10-18/h3-4,13H,1-2,5-12H2,(H,16,17)/p+2. The summed E-state index contributed by atoms with van der Waals surface area (Å²) in [7, 11) is -3.34. The van der Waals surface area contributed by atoms with Crippen LogP contribution < -0.4 is 15.2 Å². The van der Waals surface area contributed by atoms with Crippen LogP contribution in [0.4, 0.5) is 5.82 Å². The van der Waals surface area contributed by atoms with Crippen LogP contribution in [0.15, 0.2) is 23.2 Å². The number of nitrogens with one attached hydrogen (secondary N) is 3. The van der Waals surface area contributed by atoms with Gasteiger partial charge >= 0.3 is 0 Å². The van der Waals surface area contributed by atoms with E-state index < -0.39 is 10.0 Å². The maximum absolute atomic E-state index is 12.4. The summed E-state index contributed by atoms with van der Waals surface area (Å²) in [5.41, 5.74) is 0. The number of anilines is 1. The number of morpholine rings is 1. The molecule has 1 aromatic rings. The highest BCUT2D eigenvalue weighted by Gasteiger charge is 2.28. The Bertz CT molecular complexity index is 594. The van der Waals surface area contributed by atoms with Crippen LogP contribution in [0.3, 0.4) is 0 Å². The van der Waals surface area contributed by atoms with Gasteiger partial charge in [-0.25, -0.2) is 13.4 Å². The van der Waals surface area contributed by atoms with Gasteiger partial charge in [0.25, 0.3) is 5.82 Å². The summed E-state index contributed by atoms with van der Waals surface area (Å²) in [6.45, 7) is 6.93. The molecule has 0 spiro atoms. The van der Waals surface area contributed by atoms with Gasteiger partial charge in [0.2, 0.25) is 10.0 Å². The summed E-state index contributed by atoms with van der Waals surface area (Å²) in [5, 5.41) is 3.31. The van der Waals surface area contributed by atoms with Crippen LogP contribution in [0.5, 0.6) is 0 Å². The number of ether oxygens (including phenoxy) is 1. The Morgan fingerprint density at radius 2 is 1.96 bits per heavy atom. The molecule has 1 aromatic heterocycles. The monoisotopic (exact) mass is 342 g/mol. The predicted octanol–water partition coefficient (Wildman–Crippen LogP) is -1.39. The zero-order valence-electron chi connectivity index (χ0n) is 13.4. The Morgan fingerprint density at radius 3 is 2.61 bits per heavy atom. The molecular weight excluding hydrogens is 316 g/mol. The molecule has 0 radical (unpaired) electrons. The van der Waals surface area contributed by atoms with Crippen molar-refractivity contribution in [2.45, 2.75) is 17.7 Å². The van der Waals surface area contributed by atoms with Crippen molar-refractivity contribution in [3.05, 3.63) is 18.3 Å². The number of hydrogen-bond acceptors (Lipinski definition) is 4. The number of pyridine rings is 1. The maximum atomic E-state index is 12.4. The van der Waals surface area contributed by atoms with Crippen LogP contribution in [-0.4, -0.2) is 65.2 Å². The molecule has 0 atom stereocenters. The highest BCUT2D eigenvalue weighted by molar-refractivity contribution is 7.89. The van der Waals surface area contributed by atoms with Gasteiger partial charge < -0.3 is 9.64 Å². The largest absolute Gasteiger partial charge is 0.370 e. The Kier molecular flexibility index (Phi) is 5.47. The smallest absolute Gasteiger partial charge is 0.272 e. The van der Waals surface area contributed by atoms with Gasteiger partial charge in [-0.15, -0.1) is 0 Å². The SMILES string of the molecule is O=S(=O)(c1ccc(NCC[NH+]2CCOCC2)[nH+]c1)N1CCCC1. The second-order valence-electron chi connectivity index (χ2n) is 6.09. The third kappa shape index (κ3) is 4.20. The van der Waals surface area contributed by atoms with Crippen LogP contribution in [0.1, 0.15) is 12.8 Å². The van der Waals surface area contributed by atoms with Gasteiger partial charge in [-0.1, -0.05) is 0 Å². The average molecular weight is 342 g/mol. The lowest BCUT2D eigenvalue weighted by Crippen LogP contribution is -3.14. The molecule has 128 valence electrons. The molecule has 23 heavy (non-hydrogen) atoms. The summed E-state index contributed by atoms with van der Waals surface area (Å²) < 4.78 is 31.8. The molecule has 0 bridgehead atoms. The second kappa shape index (κ2) is 7.57. The van der Waals surface area contributed by atoms with E-state index in [0.29, 0.717) is 18.0 Å². The summed E-state index contributed by atoms with van der Waals surface area (Å²) in [6.07, 6.45) is 3.48. The molecule has 3 heterocycles. The molecule has 2 saturated heterocycles. The van der Waals surface area contributed by atoms with Gasteiger partial charge in [0.05, 0.1) is 13.2 Å². The van der Waals surface area contributed by atoms with Crippen molar-refractivity contribution < 1.29 is 23.0 Å². The number of quaternary nitrogens is 1. The molecule has 2 aliphatic heterocycles. The molecule has 7 nitrogen and oxygen atoms in total. The molecule has 0 aliphatic carbocycles. The van der Waals surface area contributed by atoms with Gasteiger partial charge in [-0.05, 0) is 18.9 Å². The minimum Gasteiger partial charge on any atom is -0.370 e. The van der Waals surface area contributed by atoms with Crippen LogP contribution in [0.25, 0.3) is 0 Å². The number of nitrogens with zero attached hydrogens (tertiary/aromatic N) is 1. The lowest BCUT2D eigenvalue weighted by molar-refractivity contribution is -0.906. The maximum Gasteiger partial charge on any atom is 0.272 e. The van der Waals surface area contributed by atoms with Crippen molar-refractivity contribution in [3.63, 3.8) is 0 Å². The molecule has 0 amide bonds. The lowest BCUT2D eigenvalue weighted by Gasteiger charge is -2.22. The Labute approximate surface area is 137 Å². The van der Waals surface area contributed by atoms with Crippen molar-refractivity contribution in [1.29, 1.82) is 0 Å². The Hall–Kier alpha value is -1.22. The number of hydrogen-bond donors (Lipinski definition) is 2. The number of H-pyrrole nitrogens is 1. The van der Waals surface area contributed by atoms with Gasteiger partial charge in [0.15, 0.2) is 0 Å². The zero-order chi connectivity index (χ0) is 16.1. The van der Waals surface area contributed by atoms with Gasteiger partial charge in [0.1, 0.15) is 37.3 Å². The minimum atomic E-state index is -3.34. The first-order valence-electron chi connectivity index (χ1n) is 8.33. The molecular formula is C15H26N4O3S+2. The quantitative estimate of drug-likeness (QED) is 0.668. The molecule has 0 aromatic carbocycles. The van der Waals surface area contributed by atoms with Crippen LogP contribution in [0.2, 0.25) is 0 Å². The first kappa shape index (κ1) is 16.6. The Balaban J connectivity index is 1.52. The molecule has 0 unspecified atom stereocenters. The van der Waals surface area contributed by atoms with E-state index in [1.165, 1.54) is 4.90 Å². The molecule has 8 heteroatoms.